The molecular formula is C12H17FO. The summed E-state index contributed by atoms with van der Waals surface area (Å²) in [7, 11) is 0. The van der Waals surface area contributed by atoms with Crippen molar-refractivity contribution >= 4 is 0 Å². The molecule has 2 heteroatoms. The van der Waals surface area contributed by atoms with Crippen LogP contribution in [0.2, 0.25) is 0 Å². The maximum Gasteiger partial charge on any atom is 0.128 e. The smallest absolute Gasteiger partial charge is 0.128 e. The number of hydrogen-bond acceptors (Lipinski definition) is 1. The molecule has 1 aromatic rings. The second-order valence-electron chi connectivity index (χ2n) is 3.79. The Hall–Kier alpha value is -0.890. The Labute approximate surface area is 84.6 Å². The second kappa shape index (κ2) is 5.11. The molecule has 0 fully saturated rings. The first kappa shape index (κ1) is 11.2. The van der Waals surface area contributed by atoms with E-state index in [2.05, 4.69) is 13.8 Å². The zero-order chi connectivity index (χ0) is 10.6. The third-order valence-corrected chi connectivity index (χ3v) is 2.59. The molecule has 0 saturated carbocycles. The van der Waals surface area contributed by atoms with Gasteiger partial charge in [0.2, 0.25) is 0 Å². The highest BCUT2D eigenvalue weighted by Gasteiger charge is 2.14. The fourth-order valence-electron chi connectivity index (χ4n) is 1.42. The molecule has 0 aliphatic heterocycles. The minimum Gasteiger partial charge on any atom is -0.388 e. The first-order valence-corrected chi connectivity index (χ1v) is 5.07. The summed E-state index contributed by atoms with van der Waals surface area (Å²) in [5.74, 6) is 0.105. The van der Waals surface area contributed by atoms with Crippen molar-refractivity contribution in [3.8, 4) is 0 Å². The van der Waals surface area contributed by atoms with Crippen molar-refractivity contribution in [1.82, 2.24) is 0 Å². The largest absolute Gasteiger partial charge is 0.388 e. The summed E-state index contributed by atoms with van der Waals surface area (Å²) in [5, 5.41) is 9.76. The molecule has 1 N–H and O–H groups in total. The van der Waals surface area contributed by atoms with Gasteiger partial charge in [0.25, 0.3) is 0 Å². The SMILES string of the molecule is CCC(C)CC(O)c1ccccc1F. The van der Waals surface area contributed by atoms with Crippen molar-refractivity contribution < 1.29 is 9.50 Å². The van der Waals surface area contributed by atoms with E-state index in [-0.39, 0.29) is 5.82 Å². The summed E-state index contributed by atoms with van der Waals surface area (Å²) >= 11 is 0. The van der Waals surface area contributed by atoms with Gasteiger partial charge in [-0.3, -0.25) is 0 Å². The molecule has 0 bridgehead atoms. The lowest BCUT2D eigenvalue weighted by molar-refractivity contribution is 0.142. The van der Waals surface area contributed by atoms with Crippen molar-refractivity contribution in [2.45, 2.75) is 32.8 Å². The molecule has 78 valence electrons. The predicted octanol–water partition coefficient (Wildman–Crippen LogP) is 3.30. The van der Waals surface area contributed by atoms with E-state index >= 15 is 0 Å². The van der Waals surface area contributed by atoms with E-state index in [1.54, 1.807) is 18.2 Å². The lowest BCUT2D eigenvalue weighted by Crippen LogP contribution is -2.05. The molecule has 1 rings (SSSR count). The highest BCUT2D eigenvalue weighted by molar-refractivity contribution is 5.19. The normalized spacial score (nSPS) is 15.1. The van der Waals surface area contributed by atoms with Crippen LogP contribution in [-0.2, 0) is 0 Å². The zero-order valence-electron chi connectivity index (χ0n) is 8.70. The Balaban J connectivity index is 2.69. The average Bonchev–Trinajstić information content (AvgIpc) is 2.18. The second-order valence-corrected chi connectivity index (χ2v) is 3.79. The van der Waals surface area contributed by atoms with Crippen molar-refractivity contribution in [2.75, 3.05) is 0 Å². The van der Waals surface area contributed by atoms with Crippen molar-refractivity contribution in [1.29, 1.82) is 0 Å². The lowest BCUT2D eigenvalue weighted by Gasteiger charge is -2.15. The van der Waals surface area contributed by atoms with Crippen LogP contribution in [0, 0.1) is 11.7 Å². The summed E-state index contributed by atoms with van der Waals surface area (Å²) in [6.45, 7) is 4.13. The van der Waals surface area contributed by atoms with Gasteiger partial charge in [-0.15, -0.1) is 0 Å². The molecule has 0 aliphatic rings. The molecule has 2 unspecified atom stereocenters. The van der Waals surface area contributed by atoms with Crippen molar-refractivity contribution in [2.24, 2.45) is 5.92 Å². The van der Waals surface area contributed by atoms with E-state index in [0.717, 1.165) is 6.42 Å². The maximum absolute atomic E-state index is 13.2. The highest BCUT2D eigenvalue weighted by atomic mass is 19.1. The fraction of sp³-hybridized carbons (Fsp3) is 0.500. The predicted molar refractivity (Wildman–Crippen MR) is 55.4 cm³/mol. The van der Waals surface area contributed by atoms with Crippen molar-refractivity contribution in [3.63, 3.8) is 0 Å². The molecule has 14 heavy (non-hydrogen) atoms. The van der Waals surface area contributed by atoms with Crippen LogP contribution in [0.5, 0.6) is 0 Å². The minimum atomic E-state index is -0.675. The summed E-state index contributed by atoms with van der Waals surface area (Å²) in [4.78, 5) is 0. The third kappa shape index (κ3) is 2.81. The van der Waals surface area contributed by atoms with Gasteiger partial charge < -0.3 is 5.11 Å². The van der Waals surface area contributed by atoms with E-state index in [9.17, 15) is 9.50 Å². The van der Waals surface area contributed by atoms with Crippen LogP contribution < -0.4 is 0 Å². The van der Waals surface area contributed by atoms with E-state index in [1.165, 1.54) is 6.07 Å². The molecule has 0 radical (unpaired) electrons. The van der Waals surface area contributed by atoms with Gasteiger partial charge in [0.05, 0.1) is 6.10 Å². The quantitative estimate of drug-likeness (QED) is 0.783. The van der Waals surface area contributed by atoms with Crippen LogP contribution in [-0.4, -0.2) is 5.11 Å². The van der Waals surface area contributed by atoms with Gasteiger partial charge in [-0.1, -0.05) is 38.5 Å². The zero-order valence-corrected chi connectivity index (χ0v) is 8.70. The molecule has 0 spiro atoms. The number of aliphatic hydroxyl groups excluding tert-OH is 1. The Morgan fingerprint density at radius 3 is 2.57 bits per heavy atom. The highest BCUT2D eigenvalue weighted by Crippen LogP contribution is 2.24. The van der Waals surface area contributed by atoms with E-state index in [0.29, 0.717) is 17.9 Å². The summed E-state index contributed by atoms with van der Waals surface area (Å²) < 4.78 is 13.2. The van der Waals surface area contributed by atoms with E-state index in [4.69, 9.17) is 0 Å². The Kier molecular flexibility index (Phi) is 4.08. The number of benzene rings is 1. The van der Waals surface area contributed by atoms with Crippen LogP contribution in [0.15, 0.2) is 24.3 Å². The van der Waals surface area contributed by atoms with Gasteiger partial charge in [0.1, 0.15) is 5.82 Å². The fourth-order valence-corrected chi connectivity index (χ4v) is 1.42. The molecule has 0 saturated heterocycles. The summed E-state index contributed by atoms with van der Waals surface area (Å²) in [6.07, 6.45) is 0.953. The third-order valence-electron chi connectivity index (χ3n) is 2.59. The standard InChI is InChI=1S/C12H17FO/c1-3-9(2)8-12(14)10-6-4-5-7-11(10)13/h4-7,9,12,14H,3,8H2,1-2H3. The number of aliphatic hydroxyl groups is 1. The van der Waals surface area contributed by atoms with Gasteiger partial charge in [0, 0.05) is 5.56 Å². The maximum atomic E-state index is 13.2. The Bertz CT molecular complexity index is 285. The van der Waals surface area contributed by atoms with Crippen LogP contribution >= 0.6 is 0 Å². The average molecular weight is 196 g/mol. The van der Waals surface area contributed by atoms with Crippen LogP contribution in [0.3, 0.4) is 0 Å². The number of hydrogen-bond donors (Lipinski definition) is 1. The van der Waals surface area contributed by atoms with Crippen LogP contribution in [0.1, 0.15) is 38.4 Å². The Morgan fingerprint density at radius 2 is 2.00 bits per heavy atom. The van der Waals surface area contributed by atoms with Crippen molar-refractivity contribution in [3.05, 3.63) is 35.6 Å². The molecule has 0 heterocycles. The van der Waals surface area contributed by atoms with Gasteiger partial charge >= 0.3 is 0 Å². The van der Waals surface area contributed by atoms with E-state index in [1.807, 2.05) is 0 Å². The Morgan fingerprint density at radius 1 is 1.36 bits per heavy atom. The summed E-state index contributed by atoms with van der Waals surface area (Å²) in [6, 6.07) is 6.41. The molecule has 2 atom stereocenters. The molecular weight excluding hydrogens is 179 g/mol. The summed E-state index contributed by atoms with van der Waals surface area (Å²) in [5.41, 5.74) is 0.410. The minimum absolute atomic E-state index is 0.316. The monoisotopic (exact) mass is 196 g/mol. The van der Waals surface area contributed by atoms with Gasteiger partial charge in [0.15, 0.2) is 0 Å². The lowest BCUT2D eigenvalue weighted by atomic mass is 9.96. The molecule has 1 nitrogen and oxygen atoms in total. The molecule has 0 amide bonds. The van der Waals surface area contributed by atoms with Crippen LogP contribution in [0.25, 0.3) is 0 Å². The molecule has 0 aromatic heterocycles. The first-order chi connectivity index (χ1) is 6.65. The molecule has 1 aromatic carbocycles. The topological polar surface area (TPSA) is 20.2 Å². The molecule has 0 aliphatic carbocycles. The van der Waals surface area contributed by atoms with E-state index < -0.39 is 6.10 Å². The van der Waals surface area contributed by atoms with Crippen LogP contribution in [0.4, 0.5) is 4.39 Å². The number of rotatable bonds is 4. The number of halogens is 1. The van der Waals surface area contributed by atoms with Gasteiger partial charge in [-0.2, -0.15) is 0 Å². The van der Waals surface area contributed by atoms with Gasteiger partial charge in [-0.05, 0) is 18.4 Å². The first-order valence-electron chi connectivity index (χ1n) is 5.07. The van der Waals surface area contributed by atoms with Gasteiger partial charge in [-0.25, -0.2) is 4.39 Å².